The van der Waals surface area contributed by atoms with E-state index < -0.39 is 5.09 Å². The van der Waals surface area contributed by atoms with Crippen molar-refractivity contribution in [2.75, 3.05) is 0 Å². The Morgan fingerprint density at radius 1 is 1.25 bits per heavy atom. The molecule has 0 aliphatic heterocycles. The van der Waals surface area contributed by atoms with Crippen molar-refractivity contribution in [1.29, 1.82) is 0 Å². The van der Waals surface area contributed by atoms with E-state index in [0.717, 1.165) is 17.6 Å². The first kappa shape index (κ1) is 16.8. The van der Waals surface area contributed by atoms with E-state index >= 15 is 0 Å². The molecular formula is C16H24ClOPSe. The maximum atomic E-state index is 6.75. The van der Waals surface area contributed by atoms with Crippen LogP contribution in [0.1, 0.15) is 40.0 Å². The summed E-state index contributed by atoms with van der Waals surface area (Å²) in [4.78, 5) is 0. The van der Waals surface area contributed by atoms with Crippen LogP contribution in [0, 0.1) is 17.8 Å². The molecule has 0 spiro atoms. The first-order valence-electron chi connectivity index (χ1n) is 7.44. The van der Waals surface area contributed by atoms with Gasteiger partial charge in [-0.3, -0.25) is 0 Å². The fourth-order valence-electron chi connectivity index (χ4n) is 3.08. The third-order valence-corrected chi connectivity index (χ3v) is 8.45. The molecule has 0 saturated heterocycles. The second kappa shape index (κ2) is 7.12. The van der Waals surface area contributed by atoms with Crippen LogP contribution in [-0.4, -0.2) is 21.2 Å². The van der Waals surface area contributed by atoms with Crippen molar-refractivity contribution in [3.63, 3.8) is 0 Å². The average Bonchev–Trinajstić information content (AvgIpc) is 2.39. The molecule has 1 aliphatic carbocycles. The third kappa shape index (κ3) is 4.21. The van der Waals surface area contributed by atoms with Gasteiger partial charge in [0.2, 0.25) is 0 Å². The Morgan fingerprint density at radius 3 is 2.50 bits per heavy atom. The Labute approximate surface area is 135 Å². The normalized spacial score (nSPS) is 30.1. The molecule has 0 bridgehead atoms. The molecule has 1 unspecified atom stereocenters. The quantitative estimate of drug-likeness (QED) is 0.532. The maximum absolute atomic E-state index is 6.75. The van der Waals surface area contributed by atoms with Crippen LogP contribution in [-0.2, 0) is 4.52 Å². The van der Waals surface area contributed by atoms with Gasteiger partial charge in [0.1, 0.15) is 0 Å². The molecule has 0 radical (unpaired) electrons. The number of hydrogen-bond donors (Lipinski definition) is 0. The summed E-state index contributed by atoms with van der Waals surface area (Å²) in [6, 6.07) is 10.2. The molecule has 1 aromatic carbocycles. The van der Waals surface area contributed by atoms with Gasteiger partial charge in [0.05, 0.1) is 0 Å². The van der Waals surface area contributed by atoms with Crippen molar-refractivity contribution in [2.24, 2.45) is 17.8 Å². The number of rotatable bonds is 4. The summed E-state index contributed by atoms with van der Waals surface area (Å²) >= 11 is 9.89. The average molecular weight is 378 g/mol. The molecule has 0 aromatic heterocycles. The minimum atomic E-state index is -2.12. The van der Waals surface area contributed by atoms with Crippen LogP contribution in [0.25, 0.3) is 0 Å². The SMILES string of the molecule is CC(C)[C@@H]1CC[C@@H](C)C[C@H]1OP(Cl)(=[Se])c1ccccc1. The van der Waals surface area contributed by atoms with Gasteiger partial charge in [-0.15, -0.1) is 0 Å². The molecule has 0 heterocycles. The van der Waals surface area contributed by atoms with E-state index in [0.29, 0.717) is 11.8 Å². The van der Waals surface area contributed by atoms with E-state index in [-0.39, 0.29) is 6.10 Å². The molecule has 0 N–H and O–H groups in total. The summed E-state index contributed by atoms with van der Waals surface area (Å²) in [5.74, 6) is 2.02. The van der Waals surface area contributed by atoms with Gasteiger partial charge in [-0.1, -0.05) is 0 Å². The Kier molecular flexibility index (Phi) is 5.98. The van der Waals surface area contributed by atoms with Gasteiger partial charge in [-0.25, -0.2) is 0 Å². The molecule has 4 atom stereocenters. The standard InChI is InChI=1S/C16H24ClOPSe/c1-12(2)15-10-9-13(3)11-16(15)18-19(17,20)14-7-5-4-6-8-14/h4-8,12-13,15-16H,9-11H2,1-3H3/t13-,15+,16-,19?/m1/s1. The second-order valence-corrected chi connectivity index (χ2v) is 14.0. The summed E-state index contributed by atoms with van der Waals surface area (Å²) in [6.45, 7) is 6.92. The van der Waals surface area contributed by atoms with Crippen LogP contribution >= 0.6 is 16.3 Å². The van der Waals surface area contributed by atoms with Crippen LogP contribution in [0.5, 0.6) is 0 Å². The van der Waals surface area contributed by atoms with Crippen molar-refractivity contribution < 1.29 is 4.52 Å². The van der Waals surface area contributed by atoms with E-state index in [2.05, 4.69) is 48.0 Å². The zero-order valence-electron chi connectivity index (χ0n) is 12.5. The van der Waals surface area contributed by atoms with Gasteiger partial charge in [0.15, 0.2) is 0 Å². The number of benzene rings is 1. The van der Waals surface area contributed by atoms with Crippen molar-refractivity contribution in [3.8, 4) is 0 Å². The topological polar surface area (TPSA) is 9.23 Å². The molecule has 1 fully saturated rings. The number of halogens is 1. The minimum absolute atomic E-state index is 0.283. The zero-order chi connectivity index (χ0) is 14.8. The summed E-state index contributed by atoms with van der Waals surface area (Å²) in [5, 5.41) is -1.02. The molecule has 20 heavy (non-hydrogen) atoms. The van der Waals surface area contributed by atoms with Gasteiger partial charge in [0.25, 0.3) is 0 Å². The van der Waals surface area contributed by atoms with Crippen LogP contribution in [0.2, 0.25) is 0 Å². The van der Waals surface area contributed by atoms with Crippen LogP contribution in [0.4, 0.5) is 0 Å². The van der Waals surface area contributed by atoms with Crippen molar-refractivity contribution in [3.05, 3.63) is 30.3 Å². The summed E-state index contributed by atoms with van der Waals surface area (Å²) < 4.78 is 6.43. The first-order valence-corrected chi connectivity index (χ1v) is 12.3. The third-order valence-electron chi connectivity index (χ3n) is 4.30. The fourth-order valence-corrected chi connectivity index (χ4v) is 6.42. The van der Waals surface area contributed by atoms with E-state index in [1.54, 1.807) is 0 Å². The molecular weight excluding hydrogens is 354 g/mol. The van der Waals surface area contributed by atoms with Gasteiger partial charge in [-0.2, -0.15) is 0 Å². The molecule has 0 amide bonds. The molecule has 1 saturated carbocycles. The Balaban J connectivity index is 2.15. The monoisotopic (exact) mass is 378 g/mol. The van der Waals surface area contributed by atoms with E-state index in [1.807, 2.05) is 18.2 Å². The zero-order valence-corrected chi connectivity index (χ0v) is 15.8. The van der Waals surface area contributed by atoms with E-state index in [4.69, 9.17) is 15.8 Å². The van der Waals surface area contributed by atoms with Gasteiger partial charge < -0.3 is 0 Å². The molecule has 4 heteroatoms. The summed E-state index contributed by atoms with van der Waals surface area (Å²) in [6.07, 6.45) is 3.99. The second-order valence-electron chi connectivity index (χ2n) is 6.29. The van der Waals surface area contributed by atoms with Gasteiger partial charge >= 0.3 is 135 Å². The van der Waals surface area contributed by atoms with Gasteiger partial charge in [0, 0.05) is 0 Å². The molecule has 112 valence electrons. The fraction of sp³-hybridized carbons (Fsp3) is 0.625. The molecule has 1 aromatic rings. The Hall–Kier alpha value is 0.419. The van der Waals surface area contributed by atoms with Crippen molar-refractivity contribution in [1.82, 2.24) is 0 Å². The molecule has 2 rings (SSSR count). The Morgan fingerprint density at radius 2 is 1.90 bits per heavy atom. The predicted octanol–water partition coefficient (Wildman–Crippen LogP) is 4.96. The van der Waals surface area contributed by atoms with E-state index in [1.165, 1.54) is 12.8 Å². The van der Waals surface area contributed by atoms with Crippen molar-refractivity contribution in [2.45, 2.75) is 46.1 Å². The predicted molar refractivity (Wildman–Crippen MR) is 90.8 cm³/mol. The Bertz CT molecular complexity index is 477. The summed E-state index contributed by atoms with van der Waals surface area (Å²) in [7, 11) is 0. The van der Waals surface area contributed by atoms with Crippen LogP contribution in [0.15, 0.2) is 30.3 Å². The number of hydrogen-bond acceptors (Lipinski definition) is 1. The molecule has 1 nitrogen and oxygen atoms in total. The first-order chi connectivity index (χ1) is 9.40. The van der Waals surface area contributed by atoms with E-state index in [9.17, 15) is 0 Å². The van der Waals surface area contributed by atoms with Crippen molar-refractivity contribution >= 4 is 36.7 Å². The van der Waals surface area contributed by atoms with Gasteiger partial charge in [-0.05, 0) is 0 Å². The van der Waals surface area contributed by atoms with Crippen LogP contribution < -0.4 is 5.30 Å². The summed E-state index contributed by atoms with van der Waals surface area (Å²) in [5.41, 5.74) is 0. The molecule has 1 aliphatic rings. The van der Waals surface area contributed by atoms with Crippen LogP contribution in [0.3, 0.4) is 0 Å².